The van der Waals surface area contributed by atoms with Gasteiger partial charge in [-0.25, -0.2) is 9.97 Å². The molecule has 116 valence electrons. The first kappa shape index (κ1) is 15.0. The maximum atomic E-state index is 13.1. The second-order valence-corrected chi connectivity index (χ2v) is 4.64. The smallest absolute Gasteiger partial charge is 0.264 e. The molecule has 0 fully saturated rings. The molecule has 3 aromatic rings. The van der Waals surface area contributed by atoms with Crippen molar-refractivity contribution in [2.45, 2.75) is 12.7 Å². The Kier molecular flexibility index (Phi) is 3.96. The summed E-state index contributed by atoms with van der Waals surface area (Å²) < 4.78 is 39.3. The van der Waals surface area contributed by atoms with Crippen molar-refractivity contribution in [1.29, 1.82) is 0 Å². The van der Waals surface area contributed by atoms with Crippen LogP contribution in [0.1, 0.15) is 11.3 Å². The highest BCUT2D eigenvalue weighted by atomic mass is 19.4. The van der Waals surface area contributed by atoms with Crippen LogP contribution in [0.3, 0.4) is 0 Å². The molecule has 0 radical (unpaired) electrons. The lowest BCUT2D eigenvalue weighted by Gasteiger charge is -2.08. The molecule has 0 aliphatic rings. The molecule has 0 unspecified atom stereocenters. The number of hydrogen-bond donors (Lipinski definition) is 0. The van der Waals surface area contributed by atoms with E-state index in [1.54, 1.807) is 42.7 Å². The Bertz CT molecular complexity index is 847. The summed E-state index contributed by atoms with van der Waals surface area (Å²) in [6.07, 6.45) is -1.49. The molecule has 0 amide bonds. The summed E-state index contributed by atoms with van der Waals surface area (Å²) in [6.45, 7) is 0.111. The summed E-state index contributed by atoms with van der Waals surface area (Å²) in [4.78, 5) is 11.4. The van der Waals surface area contributed by atoms with Crippen LogP contribution in [-0.4, -0.2) is 15.0 Å². The fourth-order valence-corrected chi connectivity index (χ4v) is 1.93. The fourth-order valence-electron chi connectivity index (χ4n) is 1.93. The second-order valence-electron chi connectivity index (χ2n) is 4.64. The summed E-state index contributed by atoms with van der Waals surface area (Å²) >= 11 is 0. The van der Waals surface area contributed by atoms with Gasteiger partial charge in [0.05, 0.1) is 17.6 Å². The van der Waals surface area contributed by atoms with Gasteiger partial charge in [0.25, 0.3) is 0 Å². The Morgan fingerprint density at radius 2 is 1.70 bits per heavy atom. The highest BCUT2D eigenvalue weighted by Gasteiger charge is 2.37. The number of nitrogens with zero attached hydrogens (tertiary/aromatic N) is 5. The zero-order valence-electron chi connectivity index (χ0n) is 11.7. The van der Waals surface area contributed by atoms with Crippen molar-refractivity contribution in [3.05, 3.63) is 60.0 Å². The van der Waals surface area contributed by atoms with E-state index in [0.29, 0.717) is 5.52 Å². The molecule has 0 atom stereocenters. The van der Waals surface area contributed by atoms with Crippen LogP contribution in [0.25, 0.3) is 11.0 Å². The molecular weight excluding hydrogens is 307 g/mol. The number of fused-ring (bicyclic) bond motifs is 1. The highest BCUT2D eigenvalue weighted by molar-refractivity contribution is 5.75. The summed E-state index contributed by atoms with van der Waals surface area (Å²) in [5.41, 5.74) is 0.0755. The highest BCUT2D eigenvalue weighted by Crippen LogP contribution is 2.35. The molecule has 0 aliphatic carbocycles. The summed E-state index contributed by atoms with van der Waals surface area (Å²) in [7, 11) is 0. The number of benzene rings is 1. The number of pyridine rings is 1. The Labute approximate surface area is 129 Å². The van der Waals surface area contributed by atoms with Gasteiger partial charge in [-0.2, -0.15) is 18.3 Å². The van der Waals surface area contributed by atoms with Crippen LogP contribution in [0.2, 0.25) is 0 Å². The fraction of sp³-hybridized carbons (Fsp3) is 0.133. The van der Waals surface area contributed by atoms with Crippen LogP contribution in [-0.2, 0) is 12.7 Å². The minimum absolute atomic E-state index is 0.111. The largest absolute Gasteiger partial charge is 0.437 e. The molecule has 2 heterocycles. The number of halogens is 3. The molecule has 0 aliphatic heterocycles. The predicted molar refractivity (Wildman–Crippen MR) is 77.0 cm³/mol. The normalized spacial score (nSPS) is 12.1. The van der Waals surface area contributed by atoms with Gasteiger partial charge in [0.15, 0.2) is 5.69 Å². The van der Waals surface area contributed by atoms with Crippen molar-refractivity contribution < 1.29 is 13.2 Å². The lowest BCUT2D eigenvalue weighted by Crippen LogP contribution is -2.09. The summed E-state index contributed by atoms with van der Waals surface area (Å²) in [6, 6.07) is 9.77. The van der Waals surface area contributed by atoms with Gasteiger partial charge in [0.1, 0.15) is 0 Å². The quantitative estimate of drug-likeness (QED) is 0.675. The lowest BCUT2D eigenvalue weighted by molar-refractivity contribution is -0.140. The molecule has 0 N–H and O–H groups in total. The monoisotopic (exact) mass is 317 g/mol. The number of rotatable bonds is 3. The van der Waals surface area contributed by atoms with Crippen LogP contribution in [0.5, 0.6) is 0 Å². The van der Waals surface area contributed by atoms with E-state index >= 15 is 0 Å². The van der Waals surface area contributed by atoms with E-state index < -0.39 is 17.7 Å². The lowest BCUT2D eigenvalue weighted by atomic mass is 10.3. The molecule has 0 saturated carbocycles. The molecule has 5 nitrogen and oxygen atoms in total. The number of azo groups is 1. The van der Waals surface area contributed by atoms with E-state index in [4.69, 9.17) is 0 Å². The minimum Gasteiger partial charge on any atom is -0.264 e. The van der Waals surface area contributed by atoms with Crippen molar-refractivity contribution >= 4 is 16.9 Å². The van der Waals surface area contributed by atoms with Crippen molar-refractivity contribution in [3.63, 3.8) is 0 Å². The predicted octanol–water partition coefficient (Wildman–Crippen LogP) is 4.33. The molecule has 1 aromatic carbocycles. The molecule has 8 heteroatoms. The number of alkyl halides is 3. The Balaban J connectivity index is 1.98. The van der Waals surface area contributed by atoms with E-state index in [2.05, 4.69) is 25.2 Å². The number of para-hydroxylation sites is 2. The third kappa shape index (κ3) is 3.47. The molecule has 2 aromatic heterocycles. The van der Waals surface area contributed by atoms with E-state index in [1.165, 1.54) is 6.07 Å². The first-order valence-corrected chi connectivity index (χ1v) is 6.64. The average molecular weight is 317 g/mol. The van der Waals surface area contributed by atoms with Crippen LogP contribution in [0.4, 0.5) is 19.0 Å². The zero-order valence-corrected chi connectivity index (χ0v) is 11.7. The Morgan fingerprint density at radius 1 is 0.957 bits per heavy atom. The van der Waals surface area contributed by atoms with Crippen LogP contribution < -0.4 is 0 Å². The van der Waals surface area contributed by atoms with Gasteiger partial charge in [0, 0.05) is 12.4 Å². The third-order valence-corrected chi connectivity index (χ3v) is 2.96. The maximum absolute atomic E-state index is 13.1. The average Bonchev–Trinajstić information content (AvgIpc) is 2.54. The van der Waals surface area contributed by atoms with Crippen molar-refractivity contribution in [2.24, 2.45) is 10.2 Å². The SMILES string of the molecule is FC(F)(F)c1nc2ccccc2nc1N=NCc1cccnc1. The third-order valence-electron chi connectivity index (χ3n) is 2.96. The van der Waals surface area contributed by atoms with Crippen molar-refractivity contribution in [1.82, 2.24) is 15.0 Å². The standard InChI is InChI=1S/C15H10F3N5/c16-15(17,18)13-14(22-12-6-2-1-5-11(12)21-13)23-20-9-10-4-3-7-19-8-10/h1-8H,9H2. The van der Waals surface area contributed by atoms with E-state index in [1.807, 2.05) is 0 Å². The van der Waals surface area contributed by atoms with Crippen molar-refractivity contribution in [3.8, 4) is 0 Å². The summed E-state index contributed by atoms with van der Waals surface area (Å²) in [5.74, 6) is -0.542. The Morgan fingerprint density at radius 3 is 2.35 bits per heavy atom. The molecular formula is C15H10F3N5. The Hall–Kier alpha value is -2.90. The molecule has 23 heavy (non-hydrogen) atoms. The second kappa shape index (κ2) is 6.07. The first-order valence-electron chi connectivity index (χ1n) is 6.64. The number of hydrogen-bond acceptors (Lipinski definition) is 5. The van der Waals surface area contributed by atoms with Crippen LogP contribution >= 0.6 is 0 Å². The first-order chi connectivity index (χ1) is 11.0. The molecule has 0 saturated heterocycles. The van der Waals surface area contributed by atoms with E-state index in [9.17, 15) is 13.2 Å². The van der Waals surface area contributed by atoms with Gasteiger partial charge < -0.3 is 0 Å². The zero-order chi connectivity index (χ0) is 16.3. The number of aromatic nitrogens is 3. The van der Waals surface area contributed by atoms with Gasteiger partial charge in [-0.3, -0.25) is 4.98 Å². The minimum atomic E-state index is -4.65. The van der Waals surface area contributed by atoms with Crippen LogP contribution in [0, 0.1) is 0 Å². The maximum Gasteiger partial charge on any atom is 0.437 e. The van der Waals surface area contributed by atoms with Crippen LogP contribution in [0.15, 0.2) is 59.0 Å². The molecule has 0 spiro atoms. The summed E-state index contributed by atoms with van der Waals surface area (Å²) in [5, 5.41) is 7.40. The molecule has 3 rings (SSSR count). The molecule has 0 bridgehead atoms. The van der Waals surface area contributed by atoms with E-state index in [0.717, 1.165) is 5.56 Å². The topological polar surface area (TPSA) is 63.4 Å². The van der Waals surface area contributed by atoms with Crippen molar-refractivity contribution in [2.75, 3.05) is 0 Å². The van der Waals surface area contributed by atoms with E-state index in [-0.39, 0.29) is 12.1 Å². The van der Waals surface area contributed by atoms with Gasteiger partial charge in [-0.1, -0.05) is 18.2 Å². The van der Waals surface area contributed by atoms with Gasteiger partial charge in [0.2, 0.25) is 5.82 Å². The van der Waals surface area contributed by atoms with Gasteiger partial charge in [-0.15, -0.1) is 5.11 Å². The van der Waals surface area contributed by atoms with Gasteiger partial charge in [-0.05, 0) is 23.8 Å². The van der Waals surface area contributed by atoms with Gasteiger partial charge >= 0.3 is 6.18 Å².